The summed E-state index contributed by atoms with van der Waals surface area (Å²) in [6.07, 6.45) is 2.43. The van der Waals surface area contributed by atoms with E-state index in [-0.39, 0.29) is 0 Å². The number of hydrogen-bond donors (Lipinski definition) is 1. The summed E-state index contributed by atoms with van der Waals surface area (Å²) in [7, 11) is 1.61. The number of para-hydroxylation sites is 1. The molecule has 4 nitrogen and oxygen atoms in total. The van der Waals surface area contributed by atoms with Crippen LogP contribution in [-0.4, -0.2) is 24.8 Å². The molecule has 1 atom stereocenters. The molecular formula is C21H26O4. The van der Waals surface area contributed by atoms with Gasteiger partial charge in [0.1, 0.15) is 11.5 Å². The Morgan fingerprint density at radius 3 is 2.56 bits per heavy atom. The minimum atomic E-state index is -0.840. The van der Waals surface area contributed by atoms with Crippen molar-refractivity contribution in [2.45, 2.75) is 39.0 Å². The van der Waals surface area contributed by atoms with E-state index in [9.17, 15) is 9.90 Å². The fourth-order valence-electron chi connectivity index (χ4n) is 2.83. The fourth-order valence-corrected chi connectivity index (χ4v) is 2.83. The number of methoxy groups -OCH3 is 1. The average molecular weight is 342 g/mol. The molecule has 0 aliphatic heterocycles. The van der Waals surface area contributed by atoms with Crippen LogP contribution in [0.25, 0.3) is 0 Å². The molecule has 0 spiro atoms. The fraction of sp³-hybridized carbons (Fsp3) is 0.381. The van der Waals surface area contributed by atoms with Crippen molar-refractivity contribution in [3.8, 4) is 11.5 Å². The van der Waals surface area contributed by atoms with Gasteiger partial charge in [-0.1, -0.05) is 43.7 Å². The van der Waals surface area contributed by atoms with Crippen LogP contribution in [0, 0.1) is 6.92 Å². The number of ether oxygens (including phenoxy) is 2. The van der Waals surface area contributed by atoms with Crippen LogP contribution in [0.15, 0.2) is 42.5 Å². The van der Waals surface area contributed by atoms with Crippen molar-refractivity contribution in [2.75, 3.05) is 13.7 Å². The number of carboxylic acids is 1. The van der Waals surface area contributed by atoms with Gasteiger partial charge in [0.15, 0.2) is 0 Å². The Bertz CT molecular complexity index is 709. The van der Waals surface area contributed by atoms with E-state index in [0.29, 0.717) is 13.0 Å². The first-order chi connectivity index (χ1) is 12.1. The molecule has 2 aromatic carbocycles. The molecular weight excluding hydrogens is 316 g/mol. The Hall–Kier alpha value is -2.49. The zero-order chi connectivity index (χ0) is 18.2. The SMILES string of the molecule is CCCCOc1ccccc1CC(C(=O)O)c1ccc(OC)c(C)c1. The molecule has 2 rings (SSSR count). The molecule has 1 unspecified atom stereocenters. The summed E-state index contributed by atoms with van der Waals surface area (Å²) < 4.78 is 11.1. The zero-order valence-electron chi connectivity index (χ0n) is 15.1. The Morgan fingerprint density at radius 2 is 1.92 bits per heavy atom. The minimum absolute atomic E-state index is 0.392. The summed E-state index contributed by atoms with van der Waals surface area (Å²) in [5.41, 5.74) is 2.62. The van der Waals surface area contributed by atoms with Gasteiger partial charge in [0.2, 0.25) is 0 Å². The summed E-state index contributed by atoms with van der Waals surface area (Å²) in [6.45, 7) is 4.68. The van der Waals surface area contributed by atoms with Crippen LogP contribution in [0.3, 0.4) is 0 Å². The van der Waals surface area contributed by atoms with E-state index < -0.39 is 11.9 Å². The van der Waals surface area contributed by atoms with E-state index >= 15 is 0 Å². The van der Waals surface area contributed by atoms with Gasteiger partial charge in [-0.2, -0.15) is 0 Å². The Morgan fingerprint density at radius 1 is 1.16 bits per heavy atom. The van der Waals surface area contributed by atoms with Crippen molar-refractivity contribution in [2.24, 2.45) is 0 Å². The second-order valence-corrected chi connectivity index (χ2v) is 6.13. The van der Waals surface area contributed by atoms with Gasteiger partial charge in [-0.25, -0.2) is 0 Å². The van der Waals surface area contributed by atoms with E-state index in [1.54, 1.807) is 7.11 Å². The van der Waals surface area contributed by atoms with Gasteiger partial charge >= 0.3 is 5.97 Å². The van der Waals surface area contributed by atoms with Crippen molar-refractivity contribution in [3.05, 3.63) is 59.2 Å². The van der Waals surface area contributed by atoms with Gasteiger partial charge in [0.05, 0.1) is 19.6 Å². The van der Waals surface area contributed by atoms with Crippen molar-refractivity contribution in [1.29, 1.82) is 0 Å². The number of benzene rings is 2. The molecule has 0 aromatic heterocycles. The second-order valence-electron chi connectivity index (χ2n) is 6.13. The molecule has 0 saturated carbocycles. The number of aryl methyl sites for hydroxylation is 1. The molecule has 2 aromatic rings. The molecule has 25 heavy (non-hydrogen) atoms. The van der Waals surface area contributed by atoms with Crippen molar-refractivity contribution in [1.82, 2.24) is 0 Å². The van der Waals surface area contributed by atoms with E-state index in [2.05, 4.69) is 6.92 Å². The lowest BCUT2D eigenvalue weighted by Crippen LogP contribution is -2.15. The Balaban J connectivity index is 2.25. The van der Waals surface area contributed by atoms with Crippen molar-refractivity contribution in [3.63, 3.8) is 0 Å². The van der Waals surface area contributed by atoms with Crippen LogP contribution in [0.1, 0.15) is 42.4 Å². The number of unbranched alkanes of at least 4 members (excludes halogenated alkanes) is 1. The highest BCUT2D eigenvalue weighted by Crippen LogP contribution is 2.29. The number of aliphatic carboxylic acids is 1. The van der Waals surface area contributed by atoms with E-state index in [1.807, 2.05) is 49.4 Å². The third kappa shape index (κ3) is 4.99. The number of rotatable bonds is 9. The Labute approximate surface area is 149 Å². The van der Waals surface area contributed by atoms with Crippen molar-refractivity contribution >= 4 is 5.97 Å². The summed E-state index contributed by atoms with van der Waals surface area (Å²) in [5.74, 6) is 0.0667. The monoisotopic (exact) mass is 342 g/mol. The lowest BCUT2D eigenvalue weighted by atomic mass is 9.90. The molecule has 0 aliphatic rings. The zero-order valence-corrected chi connectivity index (χ0v) is 15.1. The first-order valence-corrected chi connectivity index (χ1v) is 8.64. The minimum Gasteiger partial charge on any atom is -0.496 e. The standard InChI is InChI=1S/C21H26O4/c1-4-5-12-25-20-9-7-6-8-17(20)14-18(21(22)23)16-10-11-19(24-3)15(2)13-16/h6-11,13,18H,4-5,12,14H2,1-3H3,(H,22,23). The molecule has 134 valence electrons. The molecule has 1 N–H and O–H groups in total. The van der Waals surface area contributed by atoms with E-state index in [4.69, 9.17) is 9.47 Å². The van der Waals surface area contributed by atoms with Gasteiger partial charge in [0, 0.05) is 0 Å². The third-order valence-corrected chi connectivity index (χ3v) is 4.27. The maximum absolute atomic E-state index is 11.9. The van der Waals surface area contributed by atoms with Gasteiger partial charge in [0.25, 0.3) is 0 Å². The molecule has 0 fully saturated rings. The average Bonchev–Trinajstić information content (AvgIpc) is 2.60. The van der Waals surface area contributed by atoms with E-state index in [1.165, 1.54) is 0 Å². The largest absolute Gasteiger partial charge is 0.496 e. The third-order valence-electron chi connectivity index (χ3n) is 4.27. The smallest absolute Gasteiger partial charge is 0.311 e. The summed E-state index contributed by atoms with van der Waals surface area (Å²) in [5, 5.41) is 9.74. The topological polar surface area (TPSA) is 55.8 Å². The molecule has 0 bridgehead atoms. The van der Waals surface area contributed by atoms with Crippen LogP contribution in [0.4, 0.5) is 0 Å². The first-order valence-electron chi connectivity index (χ1n) is 8.64. The maximum atomic E-state index is 11.9. The van der Waals surface area contributed by atoms with Crippen LogP contribution < -0.4 is 9.47 Å². The summed E-state index contributed by atoms with van der Waals surface area (Å²) >= 11 is 0. The predicted octanol–water partition coefficient (Wildman–Crippen LogP) is 4.59. The number of carbonyl (C=O) groups is 1. The van der Waals surface area contributed by atoms with Crippen LogP contribution in [0.2, 0.25) is 0 Å². The molecule has 4 heteroatoms. The highest BCUT2D eigenvalue weighted by Gasteiger charge is 2.22. The normalized spacial score (nSPS) is 11.8. The lowest BCUT2D eigenvalue weighted by Gasteiger charge is -2.17. The quantitative estimate of drug-likeness (QED) is 0.677. The lowest BCUT2D eigenvalue weighted by molar-refractivity contribution is -0.138. The maximum Gasteiger partial charge on any atom is 0.311 e. The molecule has 0 amide bonds. The molecule has 0 radical (unpaired) electrons. The van der Waals surface area contributed by atoms with Crippen molar-refractivity contribution < 1.29 is 19.4 Å². The molecule has 0 heterocycles. The summed E-state index contributed by atoms with van der Waals surface area (Å²) in [4.78, 5) is 11.9. The number of hydrogen-bond acceptors (Lipinski definition) is 3. The van der Waals surface area contributed by atoms with Gasteiger partial charge in [-0.3, -0.25) is 4.79 Å². The van der Waals surface area contributed by atoms with Gasteiger partial charge in [-0.15, -0.1) is 0 Å². The molecule has 0 saturated heterocycles. The van der Waals surface area contributed by atoms with Crippen LogP contribution in [-0.2, 0) is 11.2 Å². The highest BCUT2D eigenvalue weighted by molar-refractivity contribution is 5.77. The number of carboxylic acid groups (broad SMARTS) is 1. The second kappa shape index (κ2) is 9.11. The Kier molecular flexibility index (Phi) is 6.87. The van der Waals surface area contributed by atoms with Gasteiger partial charge in [-0.05, 0) is 48.6 Å². The first kappa shape index (κ1) is 18.8. The van der Waals surface area contributed by atoms with Crippen LogP contribution in [0.5, 0.6) is 11.5 Å². The summed E-state index contributed by atoms with van der Waals surface area (Å²) in [6, 6.07) is 13.2. The predicted molar refractivity (Wildman–Crippen MR) is 98.7 cm³/mol. The van der Waals surface area contributed by atoms with E-state index in [0.717, 1.165) is 41.0 Å². The highest BCUT2D eigenvalue weighted by atomic mass is 16.5. The van der Waals surface area contributed by atoms with Gasteiger partial charge < -0.3 is 14.6 Å². The molecule has 0 aliphatic carbocycles. The van der Waals surface area contributed by atoms with Crippen LogP contribution >= 0.6 is 0 Å².